The number of rotatable bonds is 4. The fourth-order valence-electron chi connectivity index (χ4n) is 2.71. The van der Waals surface area contributed by atoms with E-state index in [2.05, 4.69) is 84.9 Å². The molecule has 0 aliphatic heterocycles. The summed E-state index contributed by atoms with van der Waals surface area (Å²) in [6.07, 6.45) is 3.39. The number of benzene rings is 2. The van der Waals surface area contributed by atoms with Crippen LogP contribution in [0.2, 0.25) is 0 Å². The molecule has 2 aromatic carbocycles. The second kappa shape index (κ2) is 12.5. The molecule has 1 fully saturated rings. The highest BCUT2D eigenvalue weighted by Gasteiger charge is 2.28. The third-order valence-corrected chi connectivity index (χ3v) is 4.58. The molecule has 0 atom stereocenters. The summed E-state index contributed by atoms with van der Waals surface area (Å²) in [5, 5.41) is 0. The van der Waals surface area contributed by atoms with Crippen molar-refractivity contribution in [3.8, 4) is 0 Å². The number of carbonyl (C=O) groups excluding carboxylic acids is 1. The van der Waals surface area contributed by atoms with Gasteiger partial charge >= 0.3 is 0 Å². The van der Waals surface area contributed by atoms with Gasteiger partial charge in [-0.1, -0.05) is 99.8 Å². The standard InChI is InChI=1S/C15H21NO.C7H8.C5H12/c1-3-16(15(17)14-5-4-6-14)11-13-9-7-12(2)8-10-13;1-7-5-3-2-4-6-7;1-5(2,3)4/h7-10,14H,3-6,11H2,1-2H3;2-6H,1H3;1-4H3. The first kappa shape index (κ1) is 24.9. The number of hydrogen-bond donors (Lipinski definition) is 0. The van der Waals surface area contributed by atoms with Crippen molar-refractivity contribution in [3.63, 3.8) is 0 Å². The summed E-state index contributed by atoms with van der Waals surface area (Å²) in [5.74, 6) is 0.653. The van der Waals surface area contributed by atoms with Crippen LogP contribution in [0, 0.1) is 25.2 Å². The molecule has 0 saturated heterocycles. The molecule has 1 saturated carbocycles. The van der Waals surface area contributed by atoms with Gasteiger partial charge in [0.15, 0.2) is 0 Å². The summed E-state index contributed by atoms with van der Waals surface area (Å²) in [6.45, 7) is 16.5. The van der Waals surface area contributed by atoms with Gasteiger partial charge in [0.1, 0.15) is 0 Å². The van der Waals surface area contributed by atoms with Gasteiger partial charge in [-0.2, -0.15) is 0 Å². The molecule has 29 heavy (non-hydrogen) atoms. The Morgan fingerprint density at radius 3 is 1.72 bits per heavy atom. The molecule has 0 bridgehead atoms. The minimum Gasteiger partial charge on any atom is -0.338 e. The summed E-state index contributed by atoms with van der Waals surface area (Å²) < 4.78 is 0. The van der Waals surface area contributed by atoms with Gasteiger partial charge in [0.2, 0.25) is 5.91 Å². The third kappa shape index (κ3) is 11.5. The van der Waals surface area contributed by atoms with Crippen LogP contribution in [0.15, 0.2) is 54.6 Å². The van der Waals surface area contributed by atoms with Crippen molar-refractivity contribution in [3.05, 3.63) is 71.3 Å². The van der Waals surface area contributed by atoms with Gasteiger partial charge in [-0.15, -0.1) is 0 Å². The Kier molecular flexibility index (Phi) is 10.7. The van der Waals surface area contributed by atoms with E-state index in [0.717, 1.165) is 25.9 Å². The van der Waals surface area contributed by atoms with Gasteiger partial charge in [-0.3, -0.25) is 4.79 Å². The van der Waals surface area contributed by atoms with Gasteiger partial charge < -0.3 is 4.90 Å². The van der Waals surface area contributed by atoms with Crippen molar-refractivity contribution in [2.45, 2.75) is 74.3 Å². The molecule has 1 aliphatic carbocycles. The van der Waals surface area contributed by atoms with Crippen LogP contribution >= 0.6 is 0 Å². The minimum absolute atomic E-state index is 0.306. The second-order valence-electron chi connectivity index (χ2n) is 9.62. The predicted molar refractivity (Wildman–Crippen MR) is 126 cm³/mol. The fourth-order valence-corrected chi connectivity index (χ4v) is 2.71. The van der Waals surface area contributed by atoms with Crippen molar-refractivity contribution in [2.75, 3.05) is 6.54 Å². The molecule has 3 rings (SSSR count). The maximum Gasteiger partial charge on any atom is 0.225 e. The highest BCUT2D eigenvalue weighted by molar-refractivity contribution is 5.79. The Morgan fingerprint density at radius 2 is 1.38 bits per heavy atom. The van der Waals surface area contributed by atoms with Gasteiger partial charge in [0.25, 0.3) is 0 Å². The SMILES string of the molecule is CC(C)(C)C.CCN(Cc1ccc(C)cc1)C(=O)C1CCC1.Cc1ccccc1. The lowest BCUT2D eigenvalue weighted by Gasteiger charge is -2.31. The normalized spacial score (nSPS) is 13.2. The van der Waals surface area contributed by atoms with Crippen LogP contribution in [0.5, 0.6) is 0 Å². The monoisotopic (exact) mass is 395 g/mol. The van der Waals surface area contributed by atoms with Crippen LogP contribution in [0.3, 0.4) is 0 Å². The topological polar surface area (TPSA) is 20.3 Å². The van der Waals surface area contributed by atoms with Crippen LogP contribution in [-0.4, -0.2) is 17.4 Å². The van der Waals surface area contributed by atoms with E-state index in [1.165, 1.54) is 23.1 Å². The highest BCUT2D eigenvalue weighted by Crippen LogP contribution is 2.28. The lowest BCUT2D eigenvalue weighted by atomic mass is 9.84. The largest absolute Gasteiger partial charge is 0.338 e. The van der Waals surface area contributed by atoms with Crippen molar-refractivity contribution in [1.82, 2.24) is 4.90 Å². The zero-order valence-electron chi connectivity index (χ0n) is 19.7. The summed E-state index contributed by atoms with van der Waals surface area (Å²) in [6, 6.07) is 18.7. The molecule has 0 radical (unpaired) electrons. The maximum absolute atomic E-state index is 12.2. The molecule has 0 unspecified atom stereocenters. The van der Waals surface area contributed by atoms with Crippen molar-refractivity contribution < 1.29 is 4.79 Å². The van der Waals surface area contributed by atoms with Gasteiger partial charge in [0, 0.05) is 19.0 Å². The molecule has 1 amide bonds. The van der Waals surface area contributed by atoms with Crippen molar-refractivity contribution in [2.24, 2.45) is 11.3 Å². The first-order chi connectivity index (χ1) is 13.6. The number of nitrogens with zero attached hydrogens (tertiary/aromatic N) is 1. The van der Waals surface area contributed by atoms with E-state index in [-0.39, 0.29) is 0 Å². The Hall–Kier alpha value is -2.09. The molecule has 2 nitrogen and oxygen atoms in total. The quantitative estimate of drug-likeness (QED) is 0.536. The molecular weight excluding hydrogens is 354 g/mol. The number of carbonyl (C=O) groups is 1. The summed E-state index contributed by atoms with van der Waals surface area (Å²) in [5.41, 5.74) is 4.31. The summed E-state index contributed by atoms with van der Waals surface area (Å²) >= 11 is 0. The fraction of sp³-hybridized carbons (Fsp3) is 0.519. The van der Waals surface area contributed by atoms with E-state index < -0.39 is 0 Å². The predicted octanol–water partition coefficient (Wildman–Crippen LogP) is 7.19. The molecular formula is C27H41NO. The van der Waals surface area contributed by atoms with E-state index in [1.807, 2.05) is 23.1 Å². The lowest BCUT2D eigenvalue weighted by Crippen LogP contribution is -2.38. The second-order valence-corrected chi connectivity index (χ2v) is 9.62. The Morgan fingerprint density at radius 1 is 0.897 bits per heavy atom. The van der Waals surface area contributed by atoms with Gasteiger partial charge in [0.05, 0.1) is 0 Å². The maximum atomic E-state index is 12.2. The van der Waals surface area contributed by atoms with Crippen LogP contribution in [0.1, 0.15) is 70.6 Å². The van der Waals surface area contributed by atoms with Crippen LogP contribution < -0.4 is 0 Å². The molecule has 0 spiro atoms. The Balaban J connectivity index is 0.000000288. The Labute approximate surface area is 179 Å². The van der Waals surface area contributed by atoms with E-state index in [9.17, 15) is 4.79 Å². The van der Waals surface area contributed by atoms with Crippen molar-refractivity contribution in [1.29, 1.82) is 0 Å². The van der Waals surface area contributed by atoms with E-state index in [4.69, 9.17) is 0 Å². The molecule has 2 heteroatoms. The zero-order valence-corrected chi connectivity index (χ0v) is 19.7. The average molecular weight is 396 g/mol. The highest BCUT2D eigenvalue weighted by atomic mass is 16.2. The van der Waals surface area contributed by atoms with Gasteiger partial charge in [-0.25, -0.2) is 0 Å². The van der Waals surface area contributed by atoms with E-state index >= 15 is 0 Å². The zero-order chi connectivity index (χ0) is 21.9. The molecule has 1 aliphatic rings. The first-order valence-corrected chi connectivity index (χ1v) is 11.0. The van der Waals surface area contributed by atoms with Crippen LogP contribution in [-0.2, 0) is 11.3 Å². The number of aryl methyl sites for hydroxylation is 2. The van der Waals surface area contributed by atoms with Gasteiger partial charge in [-0.05, 0) is 44.6 Å². The van der Waals surface area contributed by atoms with E-state index in [1.54, 1.807) is 0 Å². The molecule has 2 aromatic rings. The lowest BCUT2D eigenvalue weighted by molar-refractivity contribution is -0.138. The third-order valence-electron chi connectivity index (χ3n) is 4.58. The van der Waals surface area contributed by atoms with Crippen LogP contribution in [0.25, 0.3) is 0 Å². The minimum atomic E-state index is 0.306. The Bertz CT molecular complexity index is 688. The molecule has 0 N–H and O–H groups in total. The number of hydrogen-bond acceptors (Lipinski definition) is 1. The first-order valence-electron chi connectivity index (χ1n) is 11.0. The summed E-state index contributed by atoms with van der Waals surface area (Å²) in [4.78, 5) is 14.1. The van der Waals surface area contributed by atoms with E-state index in [0.29, 0.717) is 17.2 Å². The smallest absolute Gasteiger partial charge is 0.225 e. The van der Waals surface area contributed by atoms with Crippen molar-refractivity contribution >= 4 is 5.91 Å². The molecule has 160 valence electrons. The molecule has 0 heterocycles. The molecule has 0 aromatic heterocycles. The average Bonchev–Trinajstić information content (AvgIpc) is 2.59. The number of amides is 1. The van der Waals surface area contributed by atoms with Crippen LogP contribution in [0.4, 0.5) is 0 Å². The summed E-state index contributed by atoms with van der Waals surface area (Å²) in [7, 11) is 0.